The lowest BCUT2D eigenvalue weighted by Gasteiger charge is -2.06. The van der Waals surface area contributed by atoms with Crippen LogP contribution in [-0.2, 0) is 0 Å². The molecule has 1 saturated carbocycles. The molecular formula is C6H9BN2O3. The van der Waals surface area contributed by atoms with Gasteiger partial charge < -0.3 is 14.7 Å². The summed E-state index contributed by atoms with van der Waals surface area (Å²) in [5.74, 6) is 0.410. The van der Waals surface area contributed by atoms with Gasteiger partial charge in [0.05, 0.1) is 12.2 Å². The molecule has 2 N–H and O–H groups in total. The van der Waals surface area contributed by atoms with E-state index in [9.17, 15) is 0 Å². The van der Waals surface area contributed by atoms with Crippen molar-refractivity contribution in [3.8, 4) is 5.88 Å². The van der Waals surface area contributed by atoms with Gasteiger partial charge in [-0.25, -0.2) is 4.68 Å². The molecule has 1 aromatic heterocycles. The van der Waals surface area contributed by atoms with Gasteiger partial charge in [-0.05, 0) is 12.8 Å². The fourth-order valence-electron chi connectivity index (χ4n) is 1.10. The molecule has 12 heavy (non-hydrogen) atoms. The molecule has 1 aliphatic rings. The Kier molecular flexibility index (Phi) is 1.78. The highest BCUT2D eigenvalue weighted by molar-refractivity contribution is 6.33. The molecular weight excluding hydrogens is 159 g/mol. The number of rotatable bonds is 3. The van der Waals surface area contributed by atoms with E-state index in [2.05, 4.69) is 5.10 Å². The fourth-order valence-corrected chi connectivity index (χ4v) is 1.10. The van der Waals surface area contributed by atoms with Gasteiger partial charge in [-0.3, -0.25) is 0 Å². The van der Waals surface area contributed by atoms with Crippen molar-refractivity contribution in [2.75, 3.05) is 0 Å². The monoisotopic (exact) mass is 168 g/mol. The Morgan fingerprint density at radius 1 is 1.58 bits per heavy atom. The van der Waals surface area contributed by atoms with Crippen molar-refractivity contribution in [2.45, 2.75) is 18.9 Å². The lowest BCUT2D eigenvalue weighted by Crippen LogP contribution is -2.22. The van der Waals surface area contributed by atoms with Crippen molar-refractivity contribution in [3.05, 3.63) is 12.3 Å². The highest BCUT2D eigenvalue weighted by atomic mass is 16.6. The first-order valence-corrected chi connectivity index (χ1v) is 3.83. The molecule has 1 aromatic rings. The highest BCUT2D eigenvalue weighted by Gasteiger charge is 2.28. The quantitative estimate of drug-likeness (QED) is 0.600. The average Bonchev–Trinajstić information content (AvgIpc) is 2.73. The van der Waals surface area contributed by atoms with E-state index in [1.807, 2.05) is 0 Å². The minimum Gasteiger partial charge on any atom is -0.498 e. The van der Waals surface area contributed by atoms with Crippen molar-refractivity contribution in [1.29, 1.82) is 0 Å². The van der Waals surface area contributed by atoms with Gasteiger partial charge in [-0.2, -0.15) is 5.10 Å². The summed E-state index contributed by atoms with van der Waals surface area (Å²) in [6.07, 6.45) is 3.75. The second-order valence-corrected chi connectivity index (χ2v) is 2.79. The van der Waals surface area contributed by atoms with E-state index >= 15 is 0 Å². The van der Waals surface area contributed by atoms with Gasteiger partial charge >= 0.3 is 7.32 Å². The molecule has 0 aromatic carbocycles. The lowest BCUT2D eigenvalue weighted by atomic mass is 10.3. The van der Waals surface area contributed by atoms with Crippen LogP contribution in [0.25, 0.3) is 0 Å². The number of aromatic nitrogens is 2. The summed E-state index contributed by atoms with van der Waals surface area (Å²) in [5.41, 5.74) is 0. The van der Waals surface area contributed by atoms with Crippen LogP contribution in [0.2, 0.25) is 0 Å². The summed E-state index contributed by atoms with van der Waals surface area (Å²) in [6.45, 7) is 0. The third kappa shape index (κ3) is 1.44. The Bertz CT molecular complexity index is 272. The molecule has 0 aliphatic heterocycles. The van der Waals surface area contributed by atoms with Crippen molar-refractivity contribution in [2.24, 2.45) is 0 Å². The van der Waals surface area contributed by atoms with Crippen LogP contribution < -0.4 is 4.65 Å². The molecule has 5 nitrogen and oxygen atoms in total. The predicted octanol–water partition coefficient (Wildman–Crippen LogP) is -0.434. The summed E-state index contributed by atoms with van der Waals surface area (Å²) in [5, 5.41) is 21.1. The Labute approximate surface area is 69.8 Å². The van der Waals surface area contributed by atoms with E-state index in [1.165, 1.54) is 0 Å². The number of hydrogen-bond donors (Lipinski definition) is 2. The number of hydrogen-bond acceptors (Lipinski definition) is 4. The maximum atomic E-state index is 8.54. The van der Waals surface area contributed by atoms with Crippen molar-refractivity contribution in [3.63, 3.8) is 0 Å². The molecule has 0 unspecified atom stereocenters. The first-order chi connectivity index (χ1) is 5.77. The molecule has 0 bridgehead atoms. The normalized spacial score (nSPS) is 16.2. The molecule has 1 fully saturated rings. The zero-order valence-electron chi connectivity index (χ0n) is 6.42. The minimum atomic E-state index is -1.76. The van der Waals surface area contributed by atoms with Crippen LogP contribution in [0.15, 0.2) is 12.3 Å². The maximum absolute atomic E-state index is 8.54. The van der Waals surface area contributed by atoms with Crippen molar-refractivity contribution in [1.82, 2.24) is 9.78 Å². The Morgan fingerprint density at radius 3 is 2.92 bits per heavy atom. The predicted molar refractivity (Wildman–Crippen MR) is 41.3 cm³/mol. The summed E-state index contributed by atoms with van der Waals surface area (Å²) < 4.78 is 6.36. The standard InChI is InChI=1S/C6H9BN2O3/c10-7(11)12-6-3-4-8-9(6)5-1-2-5/h3-5,10-11H,1-2H2. The second kappa shape index (κ2) is 2.80. The highest BCUT2D eigenvalue weighted by Crippen LogP contribution is 2.37. The lowest BCUT2D eigenvalue weighted by molar-refractivity contribution is 0.274. The van der Waals surface area contributed by atoms with Crippen LogP contribution in [0, 0.1) is 0 Å². The summed E-state index contributed by atoms with van der Waals surface area (Å²) >= 11 is 0. The van der Waals surface area contributed by atoms with E-state index in [0.717, 1.165) is 12.8 Å². The van der Waals surface area contributed by atoms with Gasteiger partial charge in [0.15, 0.2) is 5.88 Å². The summed E-state index contributed by atoms with van der Waals surface area (Å²) in [7, 11) is -1.76. The van der Waals surface area contributed by atoms with Crippen LogP contribution in [0.4, 0.5) is 0 Å². The second-order valence-electron chi connectivity index (χ2n) is 2.79. The van der Waals surface area contributed by atoms with Gasteiger partial charge in [0.25, 0.3) is 0 Å². The zero-order valence-corrected chi connectivity index (χ0v) is 6.42. The van der Waals surface area contributed by atoms with Gasteiger partial charge in [-0.15, -0.1) is 0 Å². The zero-order chi connectivity index (χ0) is 8.55. The topological polar surface area (TPSA) is 67.5 Å². The first-order valence-electron chi connectivity index (χ1n) is 3.83. The van der Waals surface area contributed by atoms with Crippen molar-refractivity contribution >= 4 is 7.32 Å². The maximum Gasteiger partial charge on any atom is 0.708 e. The molecule has 0 radical (unpaired) electrons. The van der Waals surface area contributed by atoms with Crippen molar-refractivity contribution < 1.29 is 14.7 Å². The molecule has 1 aliphatic carbocycles. The van der Waals surface area contributed by atoms with Crippen LogP contribution >= 0.6 is 0 Å². The van der Waals surface area contributed by atoms with Crippen LogP contribution in [0.3, 0.4) is 0 Å². The summed E-state index contributed by atoms with van der Waals surface area (Å²) in [4.78, 5) is 0. The average molecular weight is 168 g/mol. The molecule has 1 heterocycles. The molecule has 0 spiro atoms. The molecule has 2 rings (SSSR count). The third-order valence-electron chi connectivity index (χ3n) is 1.75. The largest absolute Gasteiger partial charge is 0.708 e. The van der Waals surface area contributed by atoms with Crippen LogP contribution in [0.5, 0.6) is 5.88 Å². The number of nitrogens with zero attached hydrogens (tertiary/aromatic N) is 2. The minimum absolute atomic E-state index is 0.383. The molecule has 0 saturated heterocycles. The van der Waals surface area contributed by atoms with Gasteiger partial charge in [0, 0.05) is 6.07 Å². The Balaban J connectivity index is 2.13. The Morgan fingerprint density at radius 2 is 2.33 bits per heavy atom. The van der Waals surface area contributed by atoms with Gasteiger partial charge in [0.1, 0.15) is 0 Å². The van der Waals surface area contributed by atoms with Crippen LogP contribution in [0.1, 0.15) is 18.9 Å². The third-order valence-corrected chi connectivity index (χ3v) is 1.75. The van der Waals surface area contributed by atoms with E-state index in [4.69, 9.17) is 14.7 Å². The van der Waals surface area contributed by atoms with E-state index in [1.54, 1.807) is 16.9 Å². The molecule has 0 atom stereocenters. The first kappa shape index (κ1) is 7.63. The fraction of sp³-hybridized carbons (Fsp3) is 0.500. The SMILES string of the molecule is OB(O)Oc1ccnn1C1CC1. The molecule has 64 valence electrons. The Hall–Kier alpha value is -1.01. The van der Waals surface area contributed by atoms with Gasteiger partial charge in [0.2, 0.25) is 0 Å². The molecule has 6 heteroatoms. The van der Waals surface area contributed by atoms with E-state index < -0.39 is 7.32 Å². The van der Waals surface area contributed by atoms with E-state index in [0.29, 0.717) is 11.9 Å². The summed E-state index contributed by atoms with van der Waals surface area (Å²) in [6, 6.07) is 1.99. The van der Waals surface area contributed by atoms with Gasteiger partial charge in [-0.1, -0.05) is 0 Å². The van der Waals surface area contributed by atoms with E-state index in [-0.39, 0.29) is 0 Å². The molecule has 0 amide bonds. The smallest absolute Gasteiger partial charge is 0.498 e. The van der Waals surface area contributed by atoms with Crippen LogP contribution in [-0.4, -0.2) is 27.1 Å².